The second kappa shape index (κ2) is 10.2. The summed E-state index contributed by atoms with van der Waals surface area (Å²) in [6.07, 6.45) is 2.40. The summed E-state index contributed by atoms with van der Waals surface area (Å²) in [7, 11) is 1.57. The van der Waals surface area contributed by atoms with Crippen LogP contribution in [0.2, 0.25) is 0 Å². The first-order chi connectivity index (χ1) is 12.5. The zero-order valence-corrected chi connectivity index (χ0v) is 16.0. The predicted molar refractivity (Wildman–Crippen MR) is 106 cm³/mol. The summed E-state index contributed by atoms with van der Waals surface area (Å²) in [5, 5.41) is 23.4. The number of phenolic OH excluding ortho intramolecular Hbond substituents is 1. The van der Waals surface area contributed by atoms with Gasteiger partial charge in [0.15, 0.2) is 0 Å². The van der Waals surface area contributed by atoms with Crippen molar-refractivity contribution in [3.05, 3.63) is 59.2 Å². The second-order valence-corrected chi connectivity index (χ2v) is 6.80. The van der Waals surface area contributed by atoms with Crippen molar-refractivity contribution < 1.29 is 14.9 Å². The molecule has 0 spiro atoms. The molecule has 4 heteroatoms. The topological polar surface area (TPSA) is 61.7 Å². The van der Waals surface area contributed by atoms with E-state index in [1.807, 2.05) is 0 Å². The Bertz CT molecular complexity index is 670. The van der Waals surface area contributed by atoms with Crippen molar-refractivity contribution in [2.45, 2.75) is 45.1 Å². The molecule has 4 nitrogen and oxygen atoms in total. The third-order valence-corrected chi connectivity index (χ3v) is 4.91. The highest BCUT2D eigenvalue weighted by Gasteiger charge is 2.13. The molecular formula is C22H31NO3. The van der Waals surface area contributed by atoms with Gasteiger partial charge < -0.3 is 20.3 Å². The molecule has 0 fully saturated rings. The summed E-state index contributed by atoms with van der Waals surface area (Å²) in [6, 6.07) is 13.8. The molecule has 0 aromatic heterocycles. The Kier molecular flexibility index (Phi) is 7.95. The molecule has 2 unspecified atom stereocenters. The summed E-state index contributed by atoms with van der Waals surface area (Å²) >= 11 is 0. The molecule has 142 valence electrons. The van der Waals surface area contributed by atoms with Crippen molar-refractivity contribution in [2.24, 2.45) is 0 Å². The van der Waals surface area contributed by atoms with Gasteiger partial charge >= 0.3 is 0 Å². The van der Waals surface area contributed by atoms with E-state index < -0.39 is 6.10 Å². The van der Waals surface area contributed by atoms with Crippen LogP contribution in [0.4, 0.5) is 0 Å². The van der Waals surface area contributed by atoms with Crippen LogP contribution < -0.4 is 10.1 Å². The van der Waals surface area contributed by atoms with E-state index in [-0.39, 0.29) is 5.75 Å². The van der Waals surface area contributed by atoms with Gasteiger partial charge in [0.05, 0.1) is 13.2 Å². The van der Waals surface area contributed by atoms with Crippen LogP contribution in [0, 0.1) is 0 Å². The monoisotopic (exact) mass is 357 g/mol. The maximum Gasteiger partial charge on any atom is 0.121 e. The lowest BCUT2D eigenvalue weighted by atomic mass is 9.97. The number of methoxy groups -OCH3 is 1. The smallest absolute Gasteiger partial charge is 0.121 e. The van der Waals surface area contributed by atoms with Gasteiger partial charge in [0.25, 0.3) is 0 Å². The summed E-state index contributed by atoms with van der Waals surface area (Å²) in [4.78, 5) is 0. The van der Waals surface area contributed by atoms with Crippen molar-refractivity contribution in [3.63, 3.8) is 0 Å². The third kappa shape index (κ3) is 5.75. The first-order valence-corrected chi connectivity index (χ1v) is 9.39. The Labute approximate surface area is 156 Å². The molecule has 2 atom stereocenters. The Morgan fingerprint density at radius 2 is 1.85 bits per heavy atom. The zero-order valence-electron chi connectivity index (χ0n) is 16.0. The lowest BCUT2D eigenvalue weighted by Crippen LogP contribution is -2.23. The maximum atomic E-state index is 10.3. The van der Waals surface area contributed by atoms with E-state index >= 15 is 0 Å². The third-order valence-electron chi connectivity index (χ3n) is 4.91. The van der Waals surface area contributed by atoms with Crippen LogP contribution in [-0.2, 0) is 6.42 Å². The van der Waals surface area contributed by atoms with Gasteiger partial charge in [-0.15, -0.1) is 0 Å². The van der Waals surface area contributed by atoms with Crippen LogP contribution in [-0.4, -0.2) is 30.4 Å². The van der Waals surface area contributed by atoms with Gasteiger partial charge in [-0.05, 0) is 61.1 Å². The largest absolute Gasteiger partial charge is 0.508 e. The number of aryl methyl sites for hydroxylation is 1. The number of aliphatic hydroxyl groups excluding tert-OH is 1. The van der Waals surface area contributed by atoms with Crippen molar-refractivity contribution in [1.29, 1.82) is 0 Å². The van der Waals surface area contributed by atoms with Crippen LogP contribution >= 0.6 is 0 Å². The molecule has 0 aliphatic heterocycles. The number of hydrogen-bond donors (Lipinski definition) is 3. The molecule has 26 heavy (non-hydrogen) atoms. The van der Waals surface area contributed by atoms with Crippen LogP contribution in [0.5, 0.6) is 11.5 Å². The molecule has 2 rings (SSSR count). The minimum absolute atomic E-state index is 0.0847. The average molecular weight is 357 g/mol. The Morgan fingerprint density at radius 3 is 2.50 bits per heavy atom. The highest BCUT2D eigenvalue weighted by molar-refractivity contribution is 5.40. The molecule has 0 radical (unpaired) electrons. The fourth-order valence-electron chi connectivity index (χ4n) is 2.94. The van der Waals surface area contributed by atoms with E-state index in [4.69, 9.17) is 4.74 Å². The van der Waals surface area contributed by atoms with Gasteiger partial charge in [0.1, 0.15) is 11.5 Å². The molecule has 2 aromatic rings. The number of benzene rings is 2. The van der Waals surface area contributed by atoms with Gasteiger partial charge in [0, 0.05) is 12.1 Å². The lowest BCUT2D eigenvalue weighted by molar-refractivity contribution is 0.170. The standard InChI is InChI=1S/C22H31NO3/c1-4-16(2)18-9-7-17(8-10-18)6-5-13-23-15-22(25)20-14-19(26-3)11-12-21(20)24/h7-12,14,16,22-25H,4-6,13,15H2,1-3H3. The first kappa shape index (κ1) is 20.3. The zero-order chi connectivity index (χ0) is 18.9. The van der Waals surface area contributed by atoms with E-state index in [2.05, 4.69) is 43.4 Å². The van der Waals surface area contributed by atoms with Crippen molar-refractivity contribution in [1.82, 2.24) is 5.32 Å². The molecule has 2 aromatic carbocycles. The van der Waals surface area contributed by atoms with Crippen molar-refractivity contribution in [3.8, 4) is 11.5 Å². The fourth-order valence-corrected chi connectivity index (χ4v) is 2.94. The number of aliphatic hydroxyl groups is 1. The summed E-state index contributed by atoms with van der Waals surface area (Å²) < 4.78 is 5.14. The van der Waals surface area contributed by atoms with Gasteiger partial charge in [-0.25, -0.2) is 0 Å². The lowest BCUT2D eigenvalue weighted by Gasteiger charge is -2.15. The molecule has 0 heterocycles. The van der Waals surface area contributed by atoms with E-state index in [0.29, 0.717) is 23.8 Å². The van der Waals surface area contributed by atoms with Gasteiger partial charge in [-0.2, -0.15) is 0 Å². The van der Waals surface area contributed by atoms with E-state index in [0.717, 1.165) is 25.8 Å². The van der Waals surface area contributed by atoms with Gasteiger partial charge in [-0.3, -0.25) is 0 Å². The Hall–Kier alpha value is -2.04. The summed E-state index contributed by atoms with van der Waals surface area (Å²) in [5.41, 5.74) is 3.22. The highest BCUT2D eigenvalue weighted by atomic mass is 16.5. The van der Waals surface area contributed by atoms with Crippen LogP contribution in [0.25, 0.3) is 0 Å². The summed E-state index contributed by atoms with van der Waals surface area (Å²) in [6.45, 7) is 5.68. The molecule has 0 aliphatic rings. The fraction of sp³-hybridized carbons (Fsp3) is 0.455. The molecule has 0 saturated heterocycles. The molecule has 0 amide bonds. The number of rotatable bonds is 10. The Balaban J connectivity index is 1.73. The number of ether oxygens (including phenoxy) is 1. The van der Waals surface area contributed by atoms with E-state index in [1.54, 1.807) is 25.3 Å². The van der Waals surface area contributed by atoms with Crippen LogP contribution in [0.3, 0.4) is 0 Å². The predicted octanol–water partition coefficient (Wildman–Crippen LogP) is 4.17. The van der Waals surface area contributed by atoms with Crippen LogP contribution in [0.1, 0.15) is 55.4 Å². The SMILES string of the molecule is CCC(C)c1ccc(CCCNCC(O)c2cc(OC)ccc2O)cc1. The maximum absolute atomic E-state index is 10.3. The van der Waals surface area contributed by atoms with E-state index in [1.165, 1.54) is 11.1 Å². The minimum Gasteiger partial charge on any atom is -0.508 e. The Morgan fingerprint density at radius 1 is 1.12 bits per heavy atom. The number of hydrogen-bond acceptors (Lipinski definition) is 4. The first-order valence-electron chi connectivity index (χ1n) is 9.39. The number of phenols is 1. The molecule has 3 N–H and O–H groups in total. The normalized spacial score (nSPS) is 13.4. The van der Waals surface area contributed by atoms with Crippen LogP contribution in [0.15, 0.2) is 42.5 Å². The van der Waals surface area contributed by atoms with E-state index in [9.17, 15) is 10.2 Å². The summed E-state index contributed by atoms with van der Waals surface area (Å²) in [5.74, 6) is 1.32. The molecular weight excluding hydrogens is 326 g/mol. The second-order valence-electron chi connectivity index (χ2n) is 6.80. The molecule has 0 saturated carbocycles. The number of aromatic hydroxyl groups is 1. The minimum atomic E-state index is -0.764. The molecule has 0 bridgehead atoms. The molecule has 0 aliphatic carbocycles. The highest BCUT2D eigenvalue weighted by Crippen LogP contribution is 2.28. The van der Waals surface area contributed by atoms with Gasteiger partial charge in [-0.1, -0.05) is 38.1 Å². The number of nitrogens with one attached hydrogen (secondary N) is 1. The van der Waals surface area contributed by atoms with Crippen molar-refractivity contribution in [2.75, 3.05) is 20.2 Å². The van der Waals surface area contributed by atoms with Crippen molar-refractivity contribution >= 4 is 0 Å². The average Bonchev–Trinajstić information content (AvgIpc) is 2.67. The quantitative estimate of drug-likeness (QED) is 0.559. The van der Waals surface area contributed by atoms with Gasteiger partial charge in [0.2, 0.25) is 0 Å².